The highest BCUT2D eigenvalue weighted by molar-refractivity contribution is 5.98. The molecule has 2 rings (SSSR count). The van der Waals surface area contributed by atoms with Crippen molar-refractivity contribution in [3.8, 4) is 11.5 Å². The first-order valence-electron chi connectivity index (χ1n) is 8.53. The zero-order valence-corrected chi connectivity index (χ0v) is 16.1. The molecular formula is C19H23N3O6. The van der Waals surface area contributed by atoms with Crippen LogP contribution in [0.4, 0.5) is 0 Å². The number of nitrogens with one attached hydrogen (secondary N) is 3. The van der Waals surface area contributed by atoms with E-state index in [1.165, 1.54) is 38.7 Å². The Bertz CT molecular complexity index is 810. The first-order chi connectivity index (χ1) is 13.3. The first-order valence-corrected chi connectivity index (χ1v) is 8.53. The van der Waals surface area contributed by atoms with Gasteiger partial charge in [0.1, 0.15) is 17.5 Å². The van der Waals surface area contributed by atoms with E-state index in [1.807, 2.05) is 0 Å². The smallest absolute Gasteiger partial charge is 0.287 e. The number of amides is 3. The van der Waals surface area contributed by atoms with Crippen LogP contribution in [0.5, 0.6) is 11.5 Å². The lowest BCUT2D eigenvalue weighted by Gasteiger charge is -2.21. The van der Waals surface area contributed by atoms with Gasteiger partial charge in [0, 0.05) is 11.6 Å². The maximum absolute atomic E-state index is 12.5. The molecule has 9 nitrogen and oxygen atoms in total. The average Bonchev–Trinajstić information content (AvgIpc) is 3.23. The molecule has 0 aliphatic rings. The molecule has 3 amide bonds. The lowest BCUT2D eigenvalue weighted by Crippen LogP contribution is -2.54. The van der Waals surface area contributed by atoms with Crippen molar-refractivity contribution in [2.45, 2.75) is 19.9 Å². The minimum Gasteiger partial charge on any atom is -0.497 e. The van der Waals surface area contributed by atoms with Gasteiger partial charge in [-0.25, -0.2) is 0 Å². The summed E-state index contributed by atoms with van der Waals surface area (Å²) in [5, 5.41) is 2.58. The van der Waals surface area contributed by atoms with Gasteiger partial charge in [0.2, 0.25) is 0 Å². The number of carbonyl (C=O) groups excluding carboxylic acids is 3. The highest BCUT2D eigenvalue weighted by atomic mass is 16.5. The van der Waals surface area contributed by atoms with Crippen LogP contribution in [-0.4, -0.2) is 38.0 Å². The van der Waals surface area contributed by atoms with Crippen LogP contribution in [0.2, 0.25) is 0 Å². The number of hydrogen-bond donors (Lipinski definition) is 3. The van der Waals surface area contributed by atoms with Crippen LogP contribution in [-0.2, 0) is 4.79 Å². The molecule has 0 aliphatic heterocycles. The van der Waals surface area contributed by atoms with Crippen LogP contribution < -0.4 is 25.6 Å². The number of furan rings is 1. The average molecular weight is 389 g/mol. The Morgan fingerprint density at radius 2 is 1.61 bits per heavy atom. The van der Waals surface area contributed by atoms with Crippen molar-refractivity contribution in [2.75, 3.05) is 14.2 Å². The summed E-state index contributed by atoms with van der Waals surface area (Å²) < 4.78 is 15.3. The number of carbonyl (C=O) groups is 3. The predicted molar refractivity (Wildman–Crippen MR) is 100.0 cm³/mol. The number of benzene rings is 1. The Hall–Kier alpha value is -3.49. The van der Waals surface area contributed by atoms with Crippen LogP contribution in [0.15, 0.2) is 41.0 Å². The van der Waals surface area contributed by atoms with Crippen LogP contribution in [0.3, 0.4) is 0 Å². The van der Waals surface area contributed by atoms with Gasteiger partial charge in [0.15, 0.2) is 5.76 Å². The van der Waals surface area contributed by atoms with Gasteiger partial charge in [-0.3, -0.25) is 25.2 Å². The van der Waals surface area contributed by atoms with Crippen LogP contribution in [0.25, 0.3) is 0 Å². The van der Waals surface area contributed by atoms with Gasteiger partial charge in [-0.05, 0) is 30.2 Å². The first kappa shape index (κ1) is 20.8. The zero-order valence-electron chi connectivity index (χ0n) is 16.1. The number of rotatable bonds is 7. The Morgan fingerprint density at radius 1 is 0.964 bits per heavy atom. The molecule has 1 atom stereocenters. The minimum atomic E-state index is -0.877. The molecule has 1 heterocycles. The third-order valence-electron chi connectivity index (χ3n) is 3.89. The fraction of sp³-hybridized carbons (Fsp3) is 0.316. The van der Waals surface area contributed by atoms with Crippen molar-refractivity contribution in [2.24, 2.45) is 5.92 Å². The van der Waals surface area contributed by atoms with Crippen molar-refractivity contribution >= 4 is 17.7 Å². The van der Waals surface area contributed by atoms with E-state index < -0.39 is 23.8 Å². The Labute approximate surface area is 162 Å². The molecule has 0 radical (unpaired) electrons. The summed E-state index contributed by atoms with van der Waals surface area (Å²) in [7, 11) is 2.93. The number of hydrogen-bond acceptors (Lipinski definition) is 6. The Balaban J connectivity index is 2.02. The van der Waals surface area contributed by atoms with Gasteiger partial charge in [-0.15, -0.1) is 0 Å². The molecule has 9 heteroatoms. The molecule has 0 aliphatic carbocycles. The summed E-state index contributed by atoms with van der Waals surface area (Å²) in [6, 6.07) is 6.81. The van der Waals surface area contributed by atoms with E-state index in [2.05, 4.69) is 16.2 Å². The highest BCUT2D eigenvalue weighted by Gasteiger charge is 2.26. The van der Waals surface area contributed by atoms with Gasteiger partial charge >= 0.3 is 0 Å². The molecular weight excluding hydrogens is 366 g/mol. The van der Waals surface area contributed by atoms with Gasteiger partial charge in [0.05, 0.1) is 20.5 Å². The zero-order chi connectivity index (χ0) is 20.7. The molecule has 1 aromatic heterocycles. The topological polar surface area (TPSA) is 119 Å². The predicted octanol–water partition coefficient (Wildman–Crippen LogP) is 1.51. The van der Waals surface area contributed by atoms with E-state index in [1.54, 1.807) is 26.0 Å². The van der Waals surface area contributed by atoms with Gasteiger partial charge in [-0.2, -0.15) is 0 Å². The normalized spacial score (nSPS) is 11.5. The summed E-state index contributed by atoms with van der Waals surface area (Å²) in [6.07, 6.45) is 1.36. The summed E-state index contributed by atoms with van der Waals surface area (Å²) in [5.74, 6) is -0.937. The summed E-state index contributed by atoms with van der Waals surface area (Å²) >= 11 is 0. The monoisotopic (exact) mass is 389 g/mol. The number of methoxy groups -OCH3 is 2. The van der Waals surface area contributed by atoms with Crippen molar-refractivity contribution in [1.82, 2.24) is 16.2 Å². The number of ether oxygens (including phenoxy) is 2. The maximum atomic E-state index is 12.5. The second kappa shape index (κ2) is 9.45. The maximum Gasteiger partial charge on any atom is 0.287 e. The van der Waals surface area contributed by atoms with Crippen molar-refractivity contribution < 1.29 is 28.3 Å². The van der Waals surface area contributed by atoms with Gasteiger partial charge in [-0.1, -0.05) is 13.8 Å². The highest BCUT2D eigenvalue weighted by Crippen LogP contribution is 2.22. The quantitative estimate of drug-likeness (QED) is 0.618. The Kier molecular flexibility index (Phi) is 7.02. The molecule has 2 aromatic rings. The largest absolute Gasteiger partial charge is 0.497 e. The molecule has 1 aromatic carbocycles. The third kappa shape index (κ3) is 5.26. The molecule has 28 heavy (non-hydrogen) atoms. The summed E-state index contributed by atoms with van der Waals surface area (Å²) in [4.78, 5) is 36.9. The molecule has 0 fully saturated rings. The van der Waals surface area contributed by atoms with Crippen molar-refractivity contribution in [3.63, 3.8) is 0 Å². The van der Waals surface area contributed by atoms with E-state index in [0.29, 0.717) is 11.5 Å². The van der Waals surface area contributed by atoms with Gasteiger partial charge < -0.3 is 19.2 Å². The van der Waals surface area contributed by atoms with E-state index in [0.717, 1.165) is 0 Å². The fourth-order valence-electron chi connectivity index (χ4n) is 2.36. The third-order valence-corrected chi connectivity index (χ3v) is 3.89. The van der Waals surface area contributed by atoms with Crippen molar-refractivity contribution in [1.29, 1.82) is 0 Å². The van der Waals surface area contributed by atoms with E-state index in [-0.39, 0.29) is 17.2 Å². The number of hydrazine groups is 1. The molecule has 150 valence electrons. The van der Waals surface area contributed by atoms with Gasteiger partial charge in [0.25, 0.3) is 17.7 Å². The molecule has 0 bridgehead atoms. The summed E-state index contributed by atoms with van der Waals surface area (Å²) in [6.45, 7) is 3.53. The lowest BCUT2D eigenvalue weighted by molar-refractivity contribution is -0.124. The Morgan fingerprint density at radius 3 is 2.11 bits per heavy atom. The minimum absolute atomic E-state index is 0.0889. The van der Waals surface area contributed by atoms with Crippen LogP contribution in [0, 0.1) is 5.92 Å². The van der Waals surface area contributed by atoms with Crippen LogP contribution >= 0.6 is 0 Å². The summed E-state index contributed by atoms with van der Waals surface area (Å²) in [5.41, 5.74) is 4.88. The second-order valence-corrected chi connectivity index (χ2v) is 6.22. The fourth-order valence-corrected chi connectivity index (χ4v) is 2.36. The molecule has 3 N–H and O–H groups in total. The van der Waals surface area contributed by atoms with Crippen molar-refractivity contribution in [3.05, 3.63) is 47.9 Å². The van der Waals surface area contributed by atoms with E-state index in [4.69, 9.17) is 13.9 Å². The molecule has 0 saturated carbocycles. The lowest BCUT2D eigenvalue weighted by atomic mass is 10.0. The standard InChI is InChI=1S/C19H23N3O6/c1-11(2)16(20-18(24)15-6-5-7-28-15)19(25)22-21-17(23)12-8-13(26-3)10-14(9-12)27-4/h5-11,16H,1-4H3,(H,20,24)(H,21,23)(H,22,25)/t16-/m0/s1. The second-order valence-electron chi connectivity index (χ2n) is 6.22. The molecule has 0 spiro atoms. The molecule has 0 saturated heterocycles. The molecule has 0 unspecified atom stereocenters. The van der Waals surface area contributed by atoms with E-state index >= 15 is 0 Å². The SMILES string of the molecule is COc1cc(OC)cc(C(=O)NNC(=O)[C@@H](NC(=O)c2ccco2)C(C)C)c1. The van der Waals surface area contributed by atoms with E-state index in [9.17, 15) is 14.4 Å². The van der Waals surface area contributed by atoms with Crippen LogP contribution in [0.1, 0.15) is 34.8 Å².